The zero-order valence-electron chi connectivity index (χ0n) is 8.22. The fourth-order valence-electron chi connectivity index (χ4n) is 1.02. The van der Waals surface area contributed by atoms with Gasteiger partial charge in [0.25, 0.3) is 0 Å². The van der Waals surface area contributed by atoms with Crippen LogP contribution in [0, 0.1) is 0 Å². The minimum atomic E-state index is 0.947. The maximum atomic E-state index is 5.44. The Morgan fingerprint density at radius 1 is 0.917 bits per heavy atom. The average Bonchev–Trinajstić information content (AvgIpc) is 2.10. The molecule has 0 aliphatic rings. The first-order valence-electron chi connectivity index (χ1n) is 5.10. The van der Waals surface area contributed by atoms with E-state index in [1.165, 1.54) is 38.5 Å². The third kappa shape index (κ3) is 10.3. The number of thiol groups is 1. The molecule has 0 saturated carbocycles. The second-order valence-electron chi connectivity index (χ2n) is 3.10. The lowest BCUT2D eigenvalue weighted by atomic mass is 10.2. The van der Waals surface area contributed by atoms with E-state index in [0.29, 0.717) is 0 Å². The lowest BCUT2D eigenvalue weighted by Gasteiger charge is -2.02. The number of hydrogen-bond donors (Lipinski definition) is 1. The van der Waals surface area contributed by atoms with Crippen LogP contribution < -0.4 is 0 Å². The van der Waals surface area contributed by atoms with Crippen molar-refractivity contribution in [3.8, 4) is 0 Å². The van der Waals surface area contributed by atoms with Crippen molar-refractivity contribution in [1.29, 1.82) is 0 Å². The molecule has 0 aliphatic carbocycles. The fraction of sp³-hybridized carbons (Fsp3) is 1.00. The zero-order chi connectivity index (χ0) is 9.07. The van der Waals surface area contributed by atoms with Crippen LogP contribution in [0.5, 0.6) is 0 Å². The Hall–Kier alpha value is 0.310. The first kappa shape index (κ1) is 12.3. The second-order valence-corrected chi connectivity index (χ2v) is 3.55. The highest BCUT2D eigenvalue weighted by Gasteiger charge is 1.89. The van der Waals surface area contributed by atoms with Gasteiger partial charge in [-0.3, -0.25) is 0 Å². The van der Waals surface area contributed by atoms with Gasteiger partial charge in [0.15, 0.2) is 0 Å². The molecule has 0 spiro atoms. The molecule has 2 heteroatoms. The molecule has 74 valence electrons. The number of unbranched alkanes of at least 4 members (excludes halogenated alkanes) is 4. The van der Waals surface area contributed by atoms with E-state index in [0.717, 1.165) is 19.0 Å². The maximum absolute atomic E-state index is 5.44. The molecule has 0 radical (unpaired) electrons. The highest BCUT2D eigenvalue weighted by molar-refractivity contribution is 7.80. The van der Waals surface area contributed by atoms with Crippen molar-refractivity contribution >= 4 is 12.6 Å². The summed E-state index contributed by atoms with van der Waals surface area (Å²) in [6, 6.07) is 0. The molecule has 0 aliphatic heterocycles. The molecule has 0 N–H and O–H groups in total. The van der Waals surface area contributed by atoms with Crippen molar-refractivity contribution in [3.63, 3.8) is 0 Å². The molecule has 0 amide bonds. The Labute approximate surface area is 82.3 Å². The van der Waals surface area contributed by atoms with Crippen LogP contribution in [0.4, 0.5) is 0 Å². The molecule has 0 saturated heterocycles. The maximum Gasteiger partial charge on any atom is 0.0466 e. The molecule has 0 atom stereocenters. The van der Waals surface area contributed by atoms with Gasteiger partial charge in [-0.2, -0.15) is 12.6 Å². The molecule has 0 bridgehead atoms. The van der Waals surface area contributed by atoms with Gasteiger partial charge in [0.2, 0.25) is 0 Å². The summed E-state index contributed by atoms with van der Waals surface area (Å²) in [6.45, 7) is 4.09. The Morgan fingerprint density at radius 3 is 2.25 bits per heavy atom. The highest BCUT2D eigenvalue weighted by Crippen LogP contribution is 2.01. The molecule has 0 aromatic carbocycles. The predicted octanol–water partition coefficient (Wildman–Crippen LogP) is 3.29. The van der Waals surface area contributed by atoms with Gasteiger partial charge in [0, 0.05) is 13.2 Å². The van der Waals surface area contributed by atoms with E-state index in [-0.39, 0.29) is 0 Å². The van der Waals surface area contributed by atoms with Gasteiger partial charge in [-0.05, 0) is 25.0 Å². The van der Waals surface area contributed by atoms with E-state index in [9.17, 15) is 0 Å². The minimum Gasteiger partial charge on any atom is -0.381 e. The first-order valence-corrected chi connectivity index (χ1v) is 5.73. The van der Waals surface area contributed by atoms with Crippen LogP contribution in [-0.2, 0) is 4.74 Å². The Balaban J connectivity index is 2.73. The summed E-state index contributed by atoms with van der Waals surface area (Å²) in [5.41, 5.74) is 0. The van der Waals surface area contributed by atoms with Crippen molar-refractivity contribution in [2.45, 2.75) is 45.4 Å². The van der Waals surface area contributed by atoms with Gasteiger partial charge >= 0.3 is 0 Å². The Morgan fingerprint density at radius 2 is 1.58 bits per heavy atom. The van der Waals surface area contributed by atoms with Gasteiger partial charge in [0.1, 0.15) is 0 Å². The average molecular weight is 190 g/mol. The third-order valence-electron chi connectivity index (χ3n) is 1.84. The quantitative estimate of drug-likeness (QED) is 0.433. The smallest absolute Gasteiger partial charge is 0.0466 e. The van der Waals surface area contributed by atoms with Gasteiger partial charge < -0.3 is 4.74 Å². The van der Waals surface area contributed by atoms with E-state index < -0.39 is 0 Å². The van der Waals surface area contributed by atoms with Gasteiger partial charge in [-0.25, -0.2) is 0 Å². The van der Waals surface area contributed by atoms with Crippen LogP contribution in [0.15, 0.2) is 0 Å². The van der Waals surface area contributed by atoms with E-state index in [1.54, 1.807) is 0 Å². The van der Waals surface area contributed by atoms with Crippen LogP contribution in [0.25, 0.3) is 0 Å². The molecule has 0 aromatic rings. The van der Waals surface area contributed by atoms with Crippen molar-refractivity contribution in [2.24, 2.45) is 0 Å². The van der Waals surface area contributed by atoms with Crippen molar-refractivity contribution in [1.82, 2.24) is 0 Å². The SMILES string of the molecule is CCCCOCCCCCCS. The molecule has 0 aromatic heterocycles. The third-order valence-corrected chi connectivity index (χ3v) is 2.16. The molecule has 12 heavy (non-hydrogen) atoms. The largest absolute Gasteiger partial charge is 0.381 e. The van der Waals surface area contributed by atoms with E-state index >= 15 is 0 Å². The number of ether oxygens (including phenoxy) is 1. The van der Waals surface area contributed by atoms with Crippen molar-refractivity contribution < 1.29 is 4.74 Å². The summed E-state index contributed by atoms with van der Waals surface area (Å²) in [5, 5.41) is 0. The number of hydrogen-bond acceptors (Lipinski definition) is 2. The van der Waals surface area contributed by atoms with Gasteiger partial charge in [-0.15, -0.1) is 0 Å². The van der Waals surface area contributed by atoms with Crippen LogP contribution in [0.2, 0.25) is 0 Å². The highest BCUT2D eigenvalue weighted by atomic mass is 32.1. The monoisotopic (exact) mass is 190 g/mol. The first-order chi connectivity index (χ1) is 5.91. The predicted molar refractivity (Wildman–Crippen MR) is 58.0 cm³/mol. The van der Waals surface area contributed by atoms with Crippen LogP contribution >= 0.6 is 12.6 Å². The summed E-state index contributed by atoms with van der Waals surface area (Å²) < 4.78 is 5.44. The normalized spacial score (nSPS) is 10.5. The zero-order valence-corrected chi connectivity index (χ0v) is 9.11. The molecule has 0 heterocycles. The molecule has 0 unspecified atom stereocenters. The summed E-state index contributed by atoms with van der Waals surface area (Å²) >= 11 is 4.16. The lowest BCUT2D eigenvalue weighted by Crippen LogP contribution is -1.96. The van der Waals surface area contributed by atoms with Gasteiger partial charge in [-0.1, -0.05) is 26.2 Å². The summed E-state index contributed by atoms with van der Waals surface area (Å²) in [5.74, 6) is 1.02. The molecule has 1 nitrogen and oxygen atoms in total. The second kappa shape index (κ2) is 11.3. The molecular formula is C10H22OS. The summed E-state index contributed by atoms with van der Waals surface area (Å²) in [6.07, 6.45) is 7.51. The van der Waals surface area contributed by atoms with Crippen LogP contribution in [-0.4, -0.2) is 19.0 Å². The standard InChI is InChI=1S/C10H22OS/c1-2-3-8-11-9-6-4-5-7-10-12/h12H,2-10H2,1H3. The molecule has 0 rings (SSSR count). The summed E-state index contributed by atoms with van der Waals surface area (Å²) in [7, 11) is 0. The van der Waals surface area contributed by atoms with Gasteiger partial charge in [0.05, 0.1) is 0 Å². The Kier molecular flexibility index (Phi) is 11.6. The minimum absolute atomic E-state index is 0.947. The lowest BCUT2D eigenvalue weighted by molar-refractivity contribution is 0.127. The topological polar surface area (TPSA) is 9.23 Å². The Bertz CT molecular complexity index is 66.2. The van der Waals surface area contributed by atoms with E-state index in [1.807, 2.05) is 0 Å². The van der Waals surface area contributed by atoms with Crippen LogP contribution in [0.1, 0.15) is 45.4 Å². The van der Waals surface area contributed by atoms with Crippen LogP contribution in [0.3, 0.4) is 0 Å². The van der Waals surface area contributed by atoms with Crippen molar-refractivity contribution in [3.05, 3.63) is 0 Å². The number of rotatable bonds is 9. The summed E-state index contributed by atoms with van der Waals surface area (Å²) in [4.78, 5) is 0. The molecule has 0 fully saturated rings. The fourth-order valence-corrected chi connectivity index (χ4v) is 1.24. The van der Waals surface area contributed by atoms with Crippen molar-refractivity contribution in [2.75, 3.05) is 19.0 Å². The van der Waals surface area contributed by atoms with E-state index in [4.69, 9.17) is 4.74 Å². The van der Waals surface area contributed by atoms with E-state index in [2.05, 4.69) is 19.6 Å². The molecular weight excluding hydrogens is 168 g/mol.